The lowest BCUT2D eigenvalue weighted by molar-refractivity contribution is 0.414. The van der Waals surface area contributed by atoms with Gasteiger partial charge in [0.15, 0.2) is 0 Å². The summed E-state index contributed by atoms with van der Waals surface area (Å²) in [6, 6.07) is 9.13. The van der Waals surface area contributed by atoms with E-state index < -0.39 is 0 Å². The van der Waals surface area contributed by atoms with Gasteiger partial charge in [0.1, 0.15) is 17.2 Å². The van der Waals surface area contributed by atoms with Crippen molar-refractivity contribution in [3.63, 3.8) is 0 Å². The second-order valence-electron chi connectivity index (χ2n) is 7.96. The van der Waals surface area contributed by atoms with Gasteiger partial charge in [-0.1, -0.05) is 60.8 Å². The van der Waals surface area contributed by atoms with E-state index in [2.05, 4.69) is 36.4 Å². The maximum atomic E-state index is 10.8. The lowest BCUT2D eigenvalue weighted by atomic mass is 9.79. The molecule has 0 atom stereocenters. The third-order valence-corrected chi connectivity index (χ3v) is 5.83. The maximum absolute atomic E-state index is 10.8. The molecular formula is C24H31BrO3. The number of aromatic hydroxyl groups is 2. The quantitative estimate of drug-likeness (QED) is 0.320. The zero-order valence-electron chi connectivity index (χ0n) is 17.3. The Hall–Kier alpha value is -1.94. The third-order valence-electron chi connectivity index (χ3n) is 5.27. The van der Waals surface area contributed by atoms with E-state index >= 15 is 0 Å². The minimum atomic E-state index is -0.134. The van der Waals surface area contributed by atoms with Crippen molar-refractivity contribution < 1.29 is 14.9 Å². The first kappa shape index (κ1) is 22.4. The van der Waals surface area contributed by atoms with Crippen molar-refractivity contribution in [2.45, 2.75) is 51.9 Å². The van der Waals surface area contributed by atoms with Crippen molar-refractivity contribution in [2.24, 2.45) is 0 Å². The molecule has 2 rings (SSSR count). The molecule has 0 aliphatic rings. The number of halogens is 1. The highest BCUT2D eigenvalue weighted by atomic mass is 79.9. The van der Waals surface area contributed by atoms with Crippen molar-refractivity contribution >= 4 is 21.5 Å². The summed E-state index contributed by atoms with van der Waals surface area (Å²) in [6.07, 6.45) is 4.42. The zero-order chi connectivity index (χ0) is 20.9. The van der Waals surface area contributed by atoms with Crippen molar-refractivity contribution in [1.29, 1.82) is 0 Å². The van der Waals surface area contributed by atoms with Crippen LogP contribution < -0.4 is 4.74 Å². The summed E-state index contributed by atoms with van der Waals surface area (Å²) in [5.41, 5.74) is 3.65. The second kappa shape index (κ2) is 9.51. The Morgan fingerprint density at radius 1 is 1.07 bits per heavy atom. The molecule has 0 aromatic heterocycles. The molecule has 0 amide bonds. The van der Waals surface area contributed by atoms with Gasteiger partial charge >= 0.3 is 0 Å². The van der Waals surface area contributed by atoms with E-state index in [-0.39, 0.29) is 16.9 Å². The van der Waals surface area contributed by atoms with Crippen LogP contribution in [0.3, 0.4) is 0 Å². The van der Waals surface area contributed by atoms with Crippen LogP contribution in [-0.2, 0) is 5.41 Å². The maximum Gasteiger partial charge on any atom is 0.127 e. The third kappa shape index (κ3) is 5.11. The predicted molar refractivity (Wildman–Crippen MR) is 122 cm³/mol. The standard InChI is InChI=1S/C24H31BrO3/c1-16(2)19-10-9-18(28-5)15-20(19)23-21(26)13-17(14-22(23)27)24(3,4)11-7-6-8-12-25/h9-10,13-15,26-27H,1,6-8,11-12H2,2-5H3. The monoisotopic (exact) mass is 446 g/mol. The second-order valence-corrected chi connectivity index (χ2v) is 8.76. The minimum Gasteiger partial charge on any atom is -0.507 e. The summed E-state index contributed by atoms with van der Waals surface area (Å²) >= 11 is 3.47. The summed E-state index contributed by atoms with van der Waals surface area (Å²) in [7, 11) is 1.60. The molecule has 2 aromatic rings. The molecule has 0 aliphatic heterocycles. The Bertz CT molecular complexity index is 817. The molecule has 0 saturated carbocycles. The van der Waals surface area contributed by atoms with Gasteiger partial charge in [0.2, 0.25) is 0 Å². The van der Waals surface area contributed by atoms with Crippen LogP contribution in [0.15, 0.2) is 36.9 Å². The normalized spacial score (nSPS) is 11.5. The van der Waals surface area contributed by atoms with E-state index in [0.717, 1.165) is 47.7 Å². The lowest BCUT2D eigenvalue weighted by Crippen LogP contribution is -2.17. The number of benzene rings is 2. The highest BCUT2D eigenvalue weighted by molar-refractivity contribution is 9.09. The molecule has 28 heavy (non-hydrogen) atoms. The molecule has 0 spiro atoms. The molecule has 2 N–H and O–H groups in total. The predicted octanol–water partition coefficient (Wildman–Crippen LogP) is 7.04. The Morgan fingerprint density at radius 2 is 1.71 bits per heavy atom. The van der Waals surface area contributed by atoms with E-state index in [1.807, 2.05) is 25.1 Å². The molecule has 2 aromatic carbocycles. The van der Waals surface area contributed by atoms with E-state index in [1.165, 1.54) is 0 Å². The SMILES string of the molecule is C=C(C)c1ccc(OC)cc1-c1c(O)cc(C(C)(C)CCCCCBr)cc1O. The summed E-state index contributed by atoms with van der Waals surface area (Å²) in [6.45, 7) is 10.2. The van der Waals surface area contributed by atoms with Crippen LogP contribution in [0.25, 0.3) is 16.7 Å². The number of rotatable bonds is 9. The molecule has 0 heterocycles. The topological polar surface area (TPSA) is 49.7 Å². The van der Waals surface area contributed by atoms with E-state index in [4.69, 9.17) is 4.74 Å². The van der Waals surface area contributed by atoms with Gasteiger partial charge in [-0.2, -0.15) is 0 Å². The van der Waals surface area contributed by atoms with Crippen LogP contribution in [0.1, 0.15) is 57.6 Å². The van der Waals surface area contributed by atoms with Gasteiger partial charge in [-0.15, -0.1) is 0 Å². The average Bonchev–Trinajstić information content (AvgIpc) is 2.64. The lowest BCUT2D eigenvalue weighted by Gasteiger charge is -2.27. The summed E-state index contributed by atoms with van der Waals surface area (Å²) in [4.78, 5) is 0. The number of phenolic OH excluding ortho intramolecular Hbond substituents is 2. The van der Waals surface area contributed by atoms with Gasteiger partial charge in [0.05, 0.1) is 12.7 Å². The molecule has 152 valence electrons. The van der Waals surface area contributed by atoms with Gasteiger partial charge in [-0.25, -0.2) is 0 Å². The number of hydrogen-bond donors (Lipinski definition) is 2. The summed E-state index contributed by atoms with van der Waals surface area (Å²) < 4.78 is 5.34. The van der Waals surface area contributed by atoms with E-state index in [9.17, 15) is 10.2 Å². The largest absolute Gasteiger partial charge is 0.507 e. The van der Waals surface area contributed by atoms with Gasteiger partial charge in [0, 0.05) is 10.9 Å². The van der Waals surface area contributed by atoms with Gasteiger partial charge in [-0.05, 0) is 60.6 Å². The van der Waals surface area contributed by atoms with Crippen LogP contribution in [0, 0.1) is 0 Å². The Kier molecular flexibility index (Phi) is 7.59. The number of alkyl halides is 1. The van der Waals surface area contributed by atoms with Gasteiger partial charge in [0.25, 0.3) is 0 Å². The number of methoxy groups -OCH3 is 1. The van der Waals surface area contributed by atoms with Crippen LogP contribution in [0.4, 0.5) is 0 Å². The molecule has 0 fully saturated rings. The number of ether oxygens (including phenoxy) is 1. The molecule has 0 bridgehead atoms. The average molecular weight is 447 g/mol. The van der Waals surface area contributed by atoms with Crippen LogP contribution in [0.5, 0.6) is 17.2 Å². The van der Waals surface area contributed by atoms with Crippen LogP contribution in [0.2, 0.25) is 0 Å². The van der Waals surface area contributed by atoms with Gasteiger partial charge in [-0.3, -0.25) is 0 Å². The molecule has 0 unspecified atom stereocenters. The van der Waals surface area contributed by atoms with Gasteiger partial charge < -0.3 is 14.9 Å². The van der Waals surface area contributed by atoms with Crippen molar-refractivity contribution in [3.8, 4) is 28.4 Å². The van der Waals surface area contributed by atoms with Crippen LogP contribution in [-0.4, -0.2) is 22.7 Å². The molecule has 3 nitrogen and oxygen atoms in total. The first-order chi connectivity index (χ1) is 13.2. The Morgan fingerprint density at radius 3 is 2.25 bits per heavy atom. The first-order valence-electron chi connectivity index (χ1n) is 9.68. The molecule has 0 radical (unpaired) electrons. The Labute approximate surface area is 177 Å². The molecule has 0 aliphatic carbocycles. The number of unbranched alkanes of at least 4 members (excludes halogenated alkanes) is 2. The zero-order valence-corrected chi connectivity index (χ0v) is 18.9. The molecule has 4 heteroatoms. The smallest absolute Gasteiger partial charge is 0.127 e. The highest BCUT2D eigenvalue weighted by Crippen LogP contribution is 2.45. The van der Waals surface area contributed by atoms with Crippen molar-refractivity contribution in [1.82, 2.24) is 0 Å². The highest BCUT2D eigenvalue weighted by Gasteiger charge is 2.24. The fourth-order valence-corrected chi connectivity index (χ4v) is 3.89. The number of allylic oxidation sites excluding steroid dienone is 1. The summed E-state index contributed by atoms with van der Waals surface area (Å²) in [5.74, 6) is 0.800. The van der Waals surface area contributed by atoms with E-state index in [1.54, 1.807) is 19.2 Å². The summed E-state index contributed by atoms with van der Waals surface area (Å²) in [5, 5.41) is 22.7. The number of hydrogen-bond acceptors (Lipinski definition) is 3. The van der Waals surface area contributed by atoms with Crippen LogP contribution >= 0.6 is 15.9 Å². The fraction of sp³-hybridized carbons (Fsp3) is 0.417. The number of phenols is 2. The molecular weight excluding hydrogens is 416 g/mol. The minimum absolute atomic E-state index is 0.0688. The van der Waals surface area contributed by atoms with Crippen molar-refractivity contribution in [2.75, 3.05) is 12.4 Å². The van der Waals surface area contributed by atoms with E-state index in [0.29, 0.717) is 16.9 Å². The fourth-order valence-electron chi connectivity index (χ4n) is 3.49. The first-order valence-corrected chi connectivity index (χ1v) is 10.8. The Balaban J connectivity index is 2.46. The molecule has 0 saturated heterocycles. The van der Waals surface area contributed by atoms with Crippen molar-refractivity contribution in [3.05, 3.63) is 48.0 Å².